The van der Waals surface area contributed by atoms with Gasteiger partial charge in [-0.15, -0.1) is 0 Å². The number of aromatic nitrogens is 5. The molecule has 5 rings (SSSR count). The smallest absolute Gasteiger partial charge is 0.142 e. The van der Waals surface area contributed by atoms with Crippen molar-refractivity contribution in [1.82, 2.24) is 24.7 Å². The average molecular weight is 330 g/mol. The number of aromatic amines is 1. The fourth-order valence-corrected chi connectivity index (χ4v) is 3.22. The van der Waals surface area contributed by atoms with Crippen LogP contribution in [0.4, 0.5) is 5.82 Å². The van der Waals surface area contributed by atoms with Crippen LogP contribution in [0.2, 0.25) is 0 Å². The number of rotatable bonds is 5. The molecule has 0 unspecified atom stereocenters. The molecule has 0 radical (unpaired) electrons. The number of anilines is 1. The molecule has 1 aromatic carbocycles. The molecular formula is C19H18N6. The van der Waals surface area contributed by atoms with E-state index < -0.39 is 0 Å². The molecule has 1 saturated carbocycles. The van der Waals surface area contributed by atoms with E-state index in [1.165, 1.54) is 18.4 Å². The Morgan fingerprint density at radius 2 is 2.00 bits per heavy atom. The second-order valence-electron chi connectivity index (χ2n) is 6.41. The molecule has 1 aliphatic carbocycles. The summed E-state index contributed by atoms with van der Waals surface area (Å²) < 4.78 is 1.87. The van der Waals surface area contributed by atoms with Crippen LogP contribution < -0.4 is 4.90 Å². The molecule has 0 spiro atoms. The summed E-state index contributed by atoms with van der Waals surface area (Å²) in [6.07, 6.45) is 9.76. The second kappa shape index (κ2) is 5.73. The molecule has 0 amide bonds. The molecule has 1 N–H and O–H groups in total. The van der Waals surface area contributed by atoms with Crippen LogP contribution in [0.15, 0.2) is 61.3 Å². The quantitative estimate of drug-likeness (QED) is 0.610. The third-order valence-electron chi connectivity index (χ3n) is 4.65. The van der Waals surface area contributed by atoms with Gasteiger partial charge in [0.25, 0.3) is 0 Å². The summed E-state index contributed by atoms with van der Waals surface area (Å²) in [5, 5.41) is 5.36. The highest BCUT2D eigenvalue weighted by atomic mass is 15.3. The van der Waals surface area contributed by atoms with Crippen LogP contribution in [0.1, 0.15) is 18.4 Å². The Kier molecular flexibility index (Phi) is 3.26. The maximum Gasteiger partial charge on any atom is 0.142 e. The lowest BCUT2D eigenvalue weighted by atomic mass is 10.2. The minimum Gasteiger partial charge on any atom is -0.349 e. The first-order chi connectivity index (χ1) is 12.4. The van der Waals surface area contributed by atoms with Crippen molar-refractivity contribution >= 4 is 16.9 Å². The molecule has 6 heteroatoms. The van der Waals surface area contributed by atoms with Crippen molar-refractivity contribution in [1.29, 1.82) is 0 Å². The third kappa shape index (κ3) is 2.65. The number of nitrogens with zero attached hydrogens (tertiary/aromatic N) is 5. The van der Waals surface area contributed by atoms with Crippen LogP contribution >= 0.6 is 0 Å². The molecule has 1 fully saturated rings. The standard InChI is InChI=1S/C19H18N6/c1-9-23-25(11-1)16-4-2-14(3-5-16)12-24(15-6-7-15)19-17-8-10-20-18(17)21-13-22-19/h1-5,8-11,13,15H,6-7,12H2,(H,20,21,22). The number of benzene rings is 1. The minimum atomic E-state index is 0.568. The highest BCUT2D eigenvalue weighted by Crippen LogP contribution is 2.35. The van der Waals surface area contributed by atoms with E-state index in [1.807, 2.05) is 23.1 Å². The fraction of sp³-hybridized carbons (Fsp3) is 0.211. The van der Waals surface area contributed by atoms with Crippen molar-refractivity contribution in [2.45, 2.75) is 25.4 Å². The highest BCUT2D eigenvalue weighted by molar-refractivity contribution is 5.87. The predicted octanol–water partition coefficient (Wildman–Crippen LogP) is 3.31. The van der Waals surface area contributed by atoms with Gasteiger partial charge in [-0.2, -0.15) is 5.10 Å². The Labute approximate surface area is 145 Å². The Balaban J connectivity index is 1.45. The third-order valence-corrected chi connectivity index (χ3v) is 4.65. The summed E-state index contributed by atoms with van der Waals surface area (Å²) >= 11 is 0. The van der Waals surface area contributed by atoms with Crippen molar-refractivity contribution in [2.24, 2.45) is 0 Å². The first-order valence-corrected chi connectivity index (χ1v) is 8.52. The van der Waals surface area contributed by atoms with E-state index in [9.17, 15) is 0 Å². The zero-order chi connectivity index (χ0) is 16.6. The van der Waals surface area contributed by atoms with Gasteiger partial charge in [0.15, 0.2) is 0 Å². The zero-order valence-electron chi connectivity index (χ0n) is 13.7. The molecule has 6 nitrogen and oxygen atoms in total. The Morgan fingerprint density at radius 3 is 2.76 bits per heavy atom. The lowest BCUT2D eigenvalue weighted by Crippen LogP contribution is -2.26. The largest absolute Gasteiger partial charge is 0.349 e. The van der Waals surface area contributed by atoms with Gasteiger partial charge in [-0.3, -0.25) is 0 Å². The molecule has 3 aromatic heterocycles. The van der Waals surface area contributed by atoms with Gasteiger partial charge in [0.05, 0.1) is 11.1 Å². The molecule has 25 heavy (non-hydrogen) atoms. The average Bonchev–Trinajstić information content (AvgIpc) is 3.14. The summed E-state index contributed by atoms with van der Waals surface area (Å²) in [6, 6.07) is 13.1. The molecule has 0 aliphatic heterocycles. The van der Waals surface area contributed by atoms with Crippen molar-refractivity contribution in [3.63, 3.8) is 0 Å². The lowest BCUT2D eigenvalue weighted by Gasteiger charge is -2.24. The first kappa shape index (κ1) is 14.2. The van der Waals surface area contributed by atoms with E-state index in [2.05, 4.69) is 55.3 Å². The number of H-pyrrole nitrogens is 1. The fourth-order valence-electron chi connectivity index (χ4n) is 3.22. The van der Waals surface area contributed by atoms with Crippen molar-refractivity contribution < 1.29 is 0 Å². The monoisotopic (exact) mass is 330 g/mol. The van der Waals surface area contributed by atoms with Crippen LogP contribution in [-0.2, 0) is 6.54 Å². The Morgan fingerprint density at radius 1 is 1.12 bits per heavy atom. The van der Waals surface area contributed by atoms with Crippen LogP contribution in [0.3, 0.4) is 0 Å². The predicted molar refractivity (Wildman–Crippen MR) is 96.7 cm³/mol. The summed E-state index contributed by atoms with van der Waals surface area (Å²) in [4.78, 5) is 14.5. The summed E-state index contributed by atoms with van der Waals surface area (Å²) in [6.45, 7) is 0.849. The first-order valence-electron chi connectivity index (χ1n) is 8.52. The summed E-state index contributed by atoms with van der Waals surface area (Å²) in [7, 11) is 0. The van der Waals surface area contributed by atoms with Crippen LogP contribution in [-0.4, -0.2) is 30.8 Å². The van der Waals surface area contributed by atoms with E-state index >= 15 is 0 Å². The van der Waals surface area contributed by atoms with Gasteiger partial charge in [0, 0.05) is 31.2 Å². The van der Waals surface area contributed by atoms with Gasteiger partial charge >= 0.3 is 0 Å². The second-order valence-corrected chi connectivity index (χ2v) is 6.41. The summed E-state index contributed by atoms with van der Waals surface area (Å²) in [5.41, 5.74) is 3.23. The van der Waals surface area contributed by atoms with E-state index in [1.54, 1.807) is 12.5 Å². The Bertz CT molecular complexity index is 982. The minimum absolute atomic E-state index is 0.568. The Hall–Kier alpha value is -3.15. The SMILES string of the molecule is c1cnn(-c2ccc(CN(c3ncnc4[nH]ccc34)C3CC3)cc2)c1. The van der Waals surface area contributed by atoms with Crippen LogP contribution in [0, 0.1) is 0 Å². The molecule has 0 bridgehead atoms. The van der Waals surface area contributed by atoms with Gasteiger partial charge < -0.3 is 9.88 Å². The topological polar surface area (TPSA) is 62.6 Å². The normalized spacial score (nSPS) is 14.1. The lowest BCUT2D eigenvalue weighted by molar-refractivity contribution is 0.780. The van der Waals surface area contributed by atoms with Crippen LogP contribution in [0.25, 0.3) is 16.7 Å². The number of hydrogen-bond donors (Lipinski definition) is 1. The molecule has 0 atom stereocenters. The van der Waals surface area contributed by atoms with Crippen molar-refractivity contribution in [3.8, 4) is 5.69 Å². The van der Waals surface area contributed by atoms with Crippen molar-refractivity contribution in [3.05, 3.63) is 66.9 Å². The van der Waals surface area contributed by atoms with Crippen LogP contribution in [0.5, 0.6) is 0 Å². The maximum atomic E-state index is 4.58. The molecule has 1 aliphatic rings. The van der Waals surface area contributed by atoms with E-state index in [0.29, 0.717) is 6.04 Å². The maximum absolute atomic E-state index is 4.58. The van der Waals surface area contributed by atoms with E-state index in [0.717, 1.165) is 29.1 Å². The summed E-state index contributed by atoms with van der Waals surface area (Å²) in [5.74, 6) is 1.02. The number of hydrogen-bond acceptors (Lipinski definition) is 4. The molecule has 0 saturated heterocycles. The molecule has 124 valence electrons. The molecule has 4 aromatic rings. The van der Waals surface area contributed by atoms with Gasteiger partial charge in [-0.25, -0.2) is 14.6 Å². The van der Waals surface area contributed by atoms with Gasteiger partial charge in [-0.1, -0.05) is 12.1 Å². The van der Waals surface area contributed by atoms with E-state index in [4.69, 9.17) is 0 Å². The number of fused-ring (bicyclic) bond motifs is 1. The zero-order valence-corrected chi connectivity index (χ0v) is 13.7. The highest BCUT2D eigenvalue weighted by Gasteiger charge is 2.31. The van der Waals surface area contributed by atoms with Gasteiger partial charge in [0.1, 0.15) is 17.8 Å². The molecule has 3 heterocycles. The van der Waals surface area contributed by atoms with E-state index in [-0.39, 0.29) is 0 Å². The van der Waals surface area contributed by atoms with Crippen molar-refractivity contribution in [2.75, 3.05) is 4.90 Å². The number of nitrogens with one attached hydrogen (secondary N) is 1. The molecular weight excluding hydrogens is 312 g/mol. The van der Waals surface area contributed by atoms with Gasteiger partial charge in [0.2, 0.25) is 0 Å². The van der Waals surface area contributed by atoms with Gasteiger partial charge in [-0.05, 0) is 42.7 Å².